The average molecular weight is 276 g/mol. The van der Waals surface area contributed by atoms with Gasteiger partial charge in [-0.3, -0.25) is 4.90 Å². The topological polar surface area (TPSA) is 28.4 Å². The molecule has 2 heterocycles. The molecule has 2 aliphatic rings. The first-order valence-electron chi connectivity index (χ1n) is 8.18. The van der Waals surface area contributed by atoms with Gasteiger partial charge in [0.05, 0.1) is 0 Å². The molecule has 1 unspecified atom stereocenters. The number of rotatable bonds is 5. The molecule has 112 valence electrons. The van der Waals surface area contributed by atoms with Crippen molar-refractivity contribution in [3.63, 3.8) is 0 Å². The van der Waals surface area contributed by atoms with Gasteiger partial charge in [0.15, 0.2) is 0 Å². The molecule has 20 heavy (non-hydrogen) atoms. The Morgan fingerprint density at radius 2 is 1.95 bits per heavy atom. The van der Waals surface area contributed by atoms with E-state index in [2.05, 4.69) is 37.1 Å². The summed E-state index contributed by atoms with van der Waals surface area (Å²) in [5.74, 6) is 3.01. The normalized spacial score (nSPS) is 22.4. The largest absolute Gasteiger partial charge is 0.466 e. The molecule has 1 aliphatic carbocycles. The fourth-order valence-corrected chi connectivity index (χ4v) is 3.64. The second-order valence-electron chi connectivity index (χ2n) is 6.67. The summed E-state index contributed by atoms with van der Waals surface area (Å²) in [7, 11) is 0. The molecule has 0 radical (unpaired) electrons. The molecule has 0 bridgehead atoms. The van der Waals surface area contributed by atoms with Crippen molar-refractivity contribution in [3.8, 4) is 0 Å². The van der Waals surface area contributed by atoms with Crippen LogP contribution >= 0.6 is 0 Å². The van der Waals surface area contributed by atoms with Gasteiger partial charge in [0.2, 0.25) is 0 Å². The van der Waals surface area contributed by atoms with E-state index < -0.39 is 0 Å². The molecular weight excluding hydrogens is 248 g/mol. The van der Waals surface area contributed by atoms with Crippen LogP contribution in [0.2, 0.25) is 0 Å². The van der Waals surface area contributed by atoms with Gasteiger partial charge in [-0.1, -0.05) is 0 Å². The van der Waals surface area contributed by atoms with Crippen LogP contribution in [0.3, 0.4) is 0 Å². The number of nitrogens with one attached hydrogen (secondary N) is 1. The predicted molar refractivity (Wildman–Crippen MR) is 81.9 cm³/mol. The summed E-state index contributed by atoms with van der Waals surface area (Å²) in [4.78, 5) is 2.74. The van der Waals surface area contributed by atoms with Crippen LogP contribution in [0.5, 0.6) is 0 Å². The minimum Gasteiger partial charge on any atom is -0.466 e. The Morgan fingerprint density at radius 1 is 1.25 bits per heavy atom. The molecule has 3 heteroatoms. The maximum Gasteiger partial charge on any atom is 0.105 e. The Hall–Kier alpha value is -0.800. The molecular formula is C17H28N2O. The number of hydrogen-bond acceptors (Lipinski definition) is 3. The van der Waals surface area contributed by atoms with Crippen molar-refractivity contribution in [3.05, 3.63) is 23.2 Å². The molecule has 1 saturated heterocycles. The van der Waals surface area contributed by atoms with Crippen LogP contribution in [-0.4, -0.2) is 30.6 Å². The highest BCUT2D eigenvalue weighted by Crippen LogP contribution is 2.37. The van der Waals surface area contributed by atoms with Gasteiger partial charge >= 0.3 is 0 Å². The predicted octanol–water partition coefficient (Wildman–Crippen LogP) is 3.42. The Bertz CT molecular complexity index is 444. The Kier molecular flexibility index (Phi) is 4.18. The van der Waals surface area contributed by atoms with E-state index >= 15 is 0 Å². The number of piperidine rings is 1. The van der Waals surface area contributed by atoms with Gasteiger partial charge in [0.25, 0.3) is 0 Å². The van der Waals surface area contributed by atoms with Crippen molar-refractivity contribution < 1.29 is 4.42 Å². The average Bonchev–Trinajstić information content (AvgIpc) is 3.22. The molecule has 1 aromatic rings. The third kappa shape index (κ3) is 3.09. The van der Waals surface area contributed by atoms with Gasteiger partial charge in [-0.2, -0.15) is 0 Å². The van der Waals surface area contributed by atoms with Crippen molar-refractivity contribution in [1.29, 1.82) is 0 Å². The van der Waals surface area contributed by atoms with Crippen LogP contribution in [0.15, 0.2) is 10.5 Å². The summed E-state index contributed by atoms with van der Waals surface area (Å²) in [5.41, 5.74) is 1.39. The second-order valence-corrected chi connectivity index (χ2v) is 6.67. The summed E-state index contributed by atoms with van der Waals surface area (Å²) in [6.07, 6.45) is 5.43. The van der Waals surface area contributed by atoms with Gasteiger partial charge in [0, 0.05) is 24.2 Å². The fraction of sp³-hybridized carbons (Fsp3) is 0.765. The van der Waals surface area contributed by atoms with Crippen LogP contribution in [0.25, 0.3) is 0 Å². The third-order valence-corrected chi connectivity index (χ3v) is 4.97. The zero-order valence-electron chi connectivity index (χ0n) is 13.1. The van der Waals surface area contributed by atoms with E-state index in [0.717, 1.165) is 23.5 Å². The van der Waals surface area contributed by atoms with E-state index in [-0.39, 0.29) is 0 Å². The van der Waals surface area contributed by atoms with Crippen molar-refractivity contribution >= 4 is 0 Å². The first-order chi connectivity index (χ1) is 9.65. The number of nitrogens with zero attached hydrogens (tertiary/aromatic N) is 1. The highest BCUT2D eigenvalue weighted by atomic mass is 16.3. The molecule has 0 aromatic carbocycles. The lowest BCUT2D eigenvalue weighted by Crippen LogP contribution is -2.38. The lowest BCUT2D eigenvalue weighted by molar-refractivity contribution is 0.151. The number of aryl methyl sites for hydroxylation is 2. The molecule has 1 atom stereocenters. The summed E-state index contributed by atoms with van der Waals surface area (Å²) < 4.78 is 5.74. The highest BCUT2D eigenvalue weighted by Gasteiger charge is 2.35. The first kappa shape index (κ1) is 14.2. The van der Waals surface area contributed by atoms with E-state index in [1.807, 2.05) is 0 Å². The molecule has 1 aromatic heterocycles. The standard InChI is InChI=1S/C17H28N2O/c1-12-10-17(14(3)20-12)13(2)19(16-4-5-16)11-15-6-8-18-9-7-15/h10,13,15-16,18H,4-9,11H2,1-3H3. The second kappa shape index (κ2) is 5.90. The highest BCUT2D eigenvalue weighted by molar-refractivity contribution is 5.24. The van der Waals surface area contributed by atoms with E-state index in [1.165, 1.54) is 50.9 Å². The number of hydrogen-bond donors (Lipinski definition) is 1. The van der Waals surface area contributed by atoms with Crippen LogP contribution in [-0.2, 0) is 0 Å². The van der Waals surface area contributed by atoms with Gasteiger partial charge in [-0.25, -0.2) is 0 Å². The summed E-state index contributed by atoms with van der Waals surface area (Å²) >= 11 is 0. The quantitative estimate of drug-likeness (QED) is 0.893. The summed E-state index contributed by atoms with van der Waals surface area (Å²) in [5, 5.41) is 3.47. The fourth-order valence-electron chi connectivity index (χ4n) is 3.64. The van der Waals surface area contributed by atoms with E-state index in [9.17, 15) is 0 Å². The summed E-state index contributed by atoms with van der Waals surface area (Å²) in [6, 6.07) is 3.54. The molecule has 1 N–H and O–H groups in total. The molecule has 1 saturated carbocycles. The minimum absolute atomic E-state index is 0.495. The Labute approximate surface area is 122 Å². The zero-order valence-corrected chi connectivity index (χ0v) is 13.1. The molecule has 2 fully saturated rings. The lowest BCUT2D eigenvalue weighted by atomic mass is 9.96. The third-order valence-electron chi connectivity index (χ3n) is 4.97. The van der Waals surface area contributed by atoms with Crippen LogP contribution < -0.4 is 5.32 Å². The molecule has 1 aliphatic heterocycles. The van der Waals surface area contributed by atoms with Crippen LogP contribution in [0, 0.1) is 19.8 Å². The SMILES string of the molecule is Cc1cc(C(C)N(CC2CCNCC2)C2CC2)c(C)o1. The smallest absolute Gasteiger partial charge is 0.105 e. The molecule has 0 amide bonds. The van der Waals surface area contributed by atoms with Gasteiger partial charge < -0.3 is 9.73 Å². The summed E-state index contributed by atoms with van der Waals surface area (Å²) in [6.45, 7) is 10.2. The van der Waals surface area contributed by atoms with Gasteiger partial charge in [-0.05, 0) is 71.5 Å². The van der Waals surface area contributed by atoms with E-state index in [4.69, 9.17) is 4.42 Å². The van der Waals surface area contributed by atoms with Crippen LogP contribution in [0.4, 0.5) is 0 Å². The molecule has 0 spiro atoms. The maximum atomic E-state index is 5.74. The molecule has 3 nitrogen and oxygen atoms in total. The van der Waals surface area contributed by atoms with Crippen molar-refractivity contribution in [2.75, 3.05) is 19.6 Å². The van der Waals surface area contributed by atoms with Crippen LogP contribution in [0.1, 0.15) is 55.7 Å². The monoisotopic (exact) mass is 276 g/mol. The lowest BCUT2D eigenvalue weighted by Gasteiger charge is -2.34. The first-order valence-corrected chi connectivity index (χ1v) is 8.18. The Morgan fingerprint density at radius 3 is 2.50 bits per heavy atom. The van der Waals surface area contributed by atoms with Crippen molar-refractivity contribution in [1.82, 2.24) is 10.2 Å². The zero-order chi connectivity index (χ0) is 14.1. The van der Waals surface area contributed by atoms with Crippen molar-refractivity contribution in [2.45, 2.75) is 58.5 Å². The van der Waals surface area contributed by atoms with Gasteiger partial charge in [0.1, 0.15) is 11.5 Å². The maximum absolute atomic E-state index is 5.74. The van der Waals surface area contributed by atoms with Crippen molar-refractivity contribution in [2.24, 2.45) is 5.92 Å². The Balaban J connectivity index is 1.71. The van der Waals surface area contributed by atoms with E-state index in [1.54, 1.807) is 0 Å². The van der Waals surface area contributed by atoms with Gasteiger partial charge in [-0.15, -0.1) is 0 Å². The van der Waals surface area contributed by atoms with E-state index in [0.29, 0.717) is 6.04 Å². The number of furan rings is 1. The molecule has 3 rings (SSSR count). The minimum atomic E-state index is 0.495.